The minimum Gasteiger partial charge on any atom is -0.444 e. The van der Waals surface area contributed by atoms with Gasteiger partial charge in [-0.3, -0.25) is 9.59 Å². The van der Waals surface area contributed by atoms with E-state index in [9.17, 15) is 14.4 Å². The summed E-state index contributed by atoms with van der Waals surface area (Å²) in [6.45, 7) is 14.7. The molecule has 0 fully saturated rings. The average molecular weight is 506 g/mol. The molecule has 2 atom stereocenters. The van der Waals surface area contributed by atoms with E-state index in [1.165, 1.54) is 4.90 Å². The highest BCUT2D eigenvalue weighted by molar-refractivity contribution is 6.00. The fraction of sp³-hybridized carbons (Fsp3) is 0.433. The molecule has 2 aromatic carbocycles. The van der Waals surface area contributed by atoms with Gasteiger partial charge in [-0.25, -0.2) is 4.79 Å². The van der Waals surface area contributed by atoms with Gasteiger partial charge in [0, 0.05) is 17.8 Å². The van der Waals surface area contributed by atoms with Gasteiger partial charge in [0.1, 0.15) is 17.7 Å². The number of amides is 3. The summed E-state index contributed by atoms with van der Waals surface area (Å²) >= 11 is 0. The van der Waals surface area contributed by atoms with Crippen molar-refractivity contribution in [1.29, 1.82) is 0 Å². The zero-order valence-corrected chi connectivity index (χ0v) is 23.1. The maximum Gasteiger partial charge on any atom is 0.408 e. The Hall–Kier alpha value is -3.79. The number of carbonyl (C=O) groups excluding carboxylic acids is 3. The number of hydrogen-bond donors (Lipinski definition) is 2. The zero-order chi connectivity index (χ0) is 27.9. The van der Waals surface area contributed by atoms with Crippen LogP contribution < -0.4 is 10.6 Å². The van der Waals surface area contributed by atoms with Crippen molar-refractivity contribution in [2.75, 3.05) is 11.9 Å². The molecule has 2 rings (SSSR count). The average Bonchev–Trinajstić information content (AvgIpc) is 2.81. The molecule has 2 aromatic rings. The number of ether oxygens (including phenoxy) is 1. The smallest absolute Gasteiger partial charge is 0.408 e. The molecular formula is C30H39N3O4. The molecule has 0 saturated carbocycles. The summed E-state index contributed by atoms with van der Waals surface area (Å²) in [6, 6.07) is 10.9. The van der Waals surface area contributed by atoms with Crippen molar-refractivity contribution in [3.63, 3.8) is 0 Å². The number of terminal acetylenes is 1. The molecule has 0 radical (unpaired) electrons. The molecule has 0 aliphatic carbocycles. The van der Waals surface area contributed by atoms with Gasteiger partial charge in [0.15, 0.2) is 0 Å². The maximum absolute atomic E-state index is 13.9. The van der Waals surface area contributed by atoms with E-state index >= 15 is 0 Å². The summed E-state index contributed by atoms with van der Waals surface area (Å²) in [7, 11) is 0. The third-order valence-electron chi connectivity index (χ3n) is 5.93. The lowest BCUT2D eigenvalue weighted by molar-refractivity contribution is -0.141. The molecule has 7 heteroatoms. The van der Waals surface area contributed by atoms with E-state index in [1.54, 1.807) is 52.0 Å². The topological polar surface area (TPSA) is 87.7 Å². The van der Waals surface area contributed by atoms with Crippen LogP contribution in [0.4, 0.5) is 10.5 Å². The van der Waals surface area contributed by atoms with E-state index in [0.717, 1.165) is 11.1 Å². The van der Waals surface area contributed by atoms with E-state index < -0.39 is 35.6 Å². The molecule has 2 unspecified atom stereocenters. The number of nitrogens with zero attached hydrogens (tertiary/aromatic N) is 1. The van der Waals surface area contributed by atoms with Crippen molar-refractivity contribution in [2.24, 2.45) is 5.92 Å². The van der Waals surface area contributed by atoms with Crippen LogP contribution in [0.25, 0.3) is 0 Å². The Balaban J connectivity index is 2.55. The van der Waals surface area contributed by atoms with Gasteiger partial charge in [-0.2, -0.15) is 0 Å². The van der Waals surface area contributed by atoms with Crippen LogP contribution in [0, 0.1) is 32.1 Å². The summed E-state index contributed by atoms with van der Waals surface area (Å²) in [5.74, 6) is 1.57. The molecule has 0 spiro atoms. The van der Waals surface area contributed by atoms with E-state index in [2.05, 4.69) is 16.6 Å². The van der Waals surface area contributed by atoms with Crippen molar-refractivity contribution in [3.8, 4) is 12.3 Å². The first kappa shape index (κ1) is 29.4. The third-order valence-corrected chi connectivity index (χ3v) is 5.93. The first-order valence-corrected chi connectivity index (χ1v) is 12.5. The monoisotopic (exact) mass is 505 g/mol. The minimum atomic E-state index is -1.02. The Morgan fingerprint density at radius 3 is 2.14 bits per heavy atom. The molecule has 0 saturated heterocycles. The van der Waals surface area contributed by atoms with Gasteiger partial charge >= 0.3 is 6.09 Å². The van der Waals surface area contributed by atoms with Crippen LogP contribution in [-0.2, 0) is 14.3 Å². The van der Waals surface area contributed by atoms with E-state index in [-0.39, 0.29) is 12.5 Å². The second-order valence-corrected chi connectivity index (χ2v) is 10.4. The molecule has 0 aliphatic rings. The van der Waals surface area contributed by atoms with Crippen LogP contribution in [0.1, 0.15) is 69.8 Å². The number of anilines is 1. The number of rotatable bonds is 8. The SMILES string of the molecule is C#Cc1ccccc1C(C(=O)Nc1c(C)cccc1C)N(CC)C(=O)C(NC(=O)OC(C)(C)C)C(C)C. The van der Waals surface area contributed by atoms with Crippen molar-refractivity contribution < 1.29 is 19.1 Å². The lowest BCUT2D eigenvalue weighted by Crippen LogP contribution is -2.54. The Morgan fingerprint density at radius 1 is 1.03 bits per heavy atom. The molecule has 37 heavy (non-hydrogen) atoms. The fourth-order valence-electron chi connectivity index (χ4n) is 4.11. The molecule has 0 bridgehead atoms. The minimum absolute atomic E-state index is 0.210. The normalized spacial score (nSPS) is 12.8. The number of carbonyl (C=O) groups is 3. The van der Waals surface area contributed by atoms with Crippen LogP contribution in [0.5, 0.6) is 0 Å². The lowest BCUT2D eigenvalue weighted by Gasteiger charge is -2.35. The lowest BCUT2D eigenvalue weighted by atomic mass is 9.95. The van der Waals surface area contributed by atoms with Crippen molar-refractivity contribution in [2.45, 2.75) is 73.1 Å². The van der Waals surface area contributed by atoms with Gasteiger partial charge < -0.3 is 20.3 Å². The van der Waals surface area contributed by atoms with Crippen LogP contribution in [0.15, 0.2) is 42.5 Å². The predicted octanol–water partition coefficient (Wildman–Crippen LogP) is 5.36. The molecule has 7 nitrogen and oxygen atoms in total. The molecule has 3 amide bonds. The number of para-hydroxylation sites is 1. The largest absolute Gasteiger partial charge is 0.444 e. The van der Waals surface area contributed by atoms with Gasteiger partial charge in [0.05, 0.1) is 0 Å². The van der Waals surface area contributed by atoms with Crippen LogP contribution in [0.3, 0.4) is 0 Å². The zero-order valence-electron chi connectivity index (χ0n) is 23.1. The molecule has 198 valence electrons. The van der Waals surface area contributed by atoms with Gasteiger partial charge in [-0.15, -0.1) is 6.42 Å². The van der Waals surface area contributed by atoms with Crippen molar-refractivity contribution in [1.82, 2.24) is 10.2 Å². The first-order chi connectivity index (χ1) is 17.3. The summed E-state index contributed by atoms with van der Waals surface area (Å²) in [5.41, 5.74) is 2.81. The molecular weight excluding hydrogens is 466 g/mol. The predicted molar refractivity (Wildman–Crippen MR) is 147 cm³/mol. The standard InChI is InChI=1S/C30H39N3O4/c1-10-22-17-12-13-18-23(22)26(27(34)31-25-20(5)15-14-16-21(25)6)33(11-2)28(35)24(19(3)4)32-29(36)37-30(7,8)9/h1,12-19,24,26H,11H2,2-9H3,(H,31,34)(H,32,36). The van der Waals surface area contributed by atoms with Crippen LogP contribution in [-0.4, -0.2) is 41.0 Å². The number of hydrogen-bond acceptors (Lipinski definition) is 4. The van der Waals surface area contributed by atoms with Gasteiger partial charge in [0.25, 0.3) is 5.91 Å². The second-order valence-electron chi connectivity index (χ2n) is 10.4. The maximum atomic E-state index is 13.9. The van der Waals surface area contributed by atoms with E-state index in [1.807, 2.05) is 45.9 Å². The Kier molecular flexibility index (Phi) is 9.90. The van der Waals surface area contributed by atoms with Crippen LogP contribution >= 0.6 is 0 Å². The Bertz CT molecular complexity index is 1150. The summed E-state index contributed by atoms with van der Waals surface area (Å²) in [4.78, 5) is 41.9. The molecule has 0 aromatic heterocycles. The highest BCUT2D eigenvalue weighted by atomic mass is 16.6. The number of alkyl carbamates (subject to hydrolysis) is 1. The summed E-state index contributed by atoms with van der Waals surface area (Å²) in [6.07, 6.45) is 5.08. The van der Waals surface area contributed by atoms with E-state index in [0.29, 0.717) is 16.8 Å². The van der Waals surface area contributed by atoms with Crippen molar-refractivity contribution >= 4 is 23.6 Å². The highest BCUT2D eigenvalue weighted by Crippen LogP contribution is 2.29. The van der Waals surface area contributed by atoms with Crippen LogP contribution in [0.2, 0.25) is 0 Å². The van der Waals surface area contributed by atoms with Gasteiger partial charge in [-0.05, 0) is 70.2 Å². The van der Waals surface area contributed by atoms with Crippen molar-refractivity contribution in [3.05, 3.63) is 64.7 Å². The second kappa shape index (κ2) is 12.4. The highest BCUT2D eigenvalue weighted by Gasteiger charge is 2.37. The Morgan fingerprint density at radius 2 is 1.62 bits per heavy atom. The fourth-order valence-corrected chi connectivity index (χ4v) is 4.11. The molecule has 0 heterocycles. The quantitative estimate of drug-likeness (QED) is 0.473. The van der Waals surface area contributed by atoms with Gasteiger partial charge in [0.2, 0.25) is 5.91 Å². The first-order valence-electron chi connectivity index (χ1n) is 12.5. The number of aryl methyl sites for hydroxylation is 2. The van der Waals surface area contributed by atoms with E-state index in [4.69, 9.17) is 11.2 Å². The molecule has 2 N–H and O–H groups in total. The van der Waals surface area contributed by atoms with Gasteiger partial charge in [-0.1, -0.05) is 56.2 Å². The summed E-state index contributed by atoms with van der Waals surface area (Å²) in [5, 5.41) is 5.73. The Labute approximate surface area is 221 Å². The number of benzene rings is 2. The third kappa shape index (κ3) is 7.60. The number of likely N-dealkylation sites (N-methyl/N-ethyl adjacent to an activating group) is 1. The summed E-state index contributed by atoms with van der Waals surface area (Å²) < 4.78 is 5.39. The number of nitrogens with one attached hydrogen (secondary N) is 2. The molecule has 0 aliphatic heterocycles.